The second-order valence-electron chi connectivity index (χ2n) is 5.70. The molecular formula is C17H22N2OS. The first-order chi connectivity index (χ1) is 10.3. The third-order valence-corrected chi connectivity index (χ3v) is 5.13. The number of hydrogen-bond donors (Lipinski definition) is 2. The Morgan fingerprint density at radius 1 is 1.29 bits per heavy atom. The molecule has 1 amide bonds. The molecule has 1 aromatic carbocycles. The van der Waals surface area contributed by atoms with E-state index in [-0.39, 0.29) is 5.91 Å². The highest BCUT2D eigenvalue weighted by atomic mass is 32.1. The Kier molecular flexibility index (Phi) is 4.88. The van der Waals surface area contributed by atoms with Gasteiger partial charge in [0, 0.05) is 17.2 Å². The summed E-state index contributed by atoms with van der Waals surface area (Å²) >= 11 is 1.79. The van der Waals surface area contributed by atoms with Crippen LogP contribution in [0.2, 0.25) is 0 Å². The molecule has 0 unspecified atom stereocenters. The van der Waals surface area contributed by atoms with Crippen LogP contribution >= 0.6 is 11.3 Å². The number of carbonyl (C=O) groups is 1. The highest BCUT2D eigenvalue weighted by molar-refractivity contribution is 7.17. The number of thiophene rings is 1. The molecule has 1 aliphatic rings. The number of carbonyl (C=O) groups excluding carboxylic acids is 1. The van der Waals surface area contributed by atoms with E-state index in [0.29, 0.717) is 12.5 Å². The van der Waals surface area contributed by atoms with E-state index >= 15 is 0 Å². The van der Waals surface area contributed by atoms with Gasteiger partial charge in [-0.25, -0.2) is 0 Å². The quantitative estimate of drug-likeness (QED) is 0.891. The number of hydrogen-bond acceptors (Lipinski definition) is 3. The average Bonchev–Trinajstić information content (AvgIpc) is 2.92. The lowest BCUT2D eigenvalue weighted by Crippen LogP contribution is -2.42. The van der Waals surface area contributed by atoms with Gasteiger partial charge in [0.05, 0.1) is 0 Å². The summed E-state index contributed by atoms with van der Waals surface area (Å²) in [6, 6.07) is 8.88. The maximum atomic E-state index is 12.0. The monoisotopic (exact) mass is 302 g/mol. The standard InChI is InChI=1S/C17H22N2OS/c20-17(19-14-8-10-18-11-9-14)7-3-4-13-12-21-16-6-2-1-5-15(13)16/h1-2,5-6,12,14,18H,3-4,7-11H2,(H,19,20). The molecule has 0 aliphatic carbocycles. The molecule has 1 aromatic heterocycles. The van der Waals surface area contributed by atoms with Crippen molar-refractivity contribution in [1.29, 1.82) is 0 Å². The number of piperidine rings is 1. The minimum absolute atomic E-state index is 0.210. The van der Waals surface area contributed by atoms with Crippen LogP contribution in [0.4, 0.5) is 0 Å². The van der Waals surface area contributed by atoms with Crippen molar-refractivity contribution in [2.24, 2.45) is 0 Å². The Balaban J connectivity index is 1.46. The van der Waals surface area contributed by atoms with Gasteiger partial charge in [0.1, 0.15) is 0 Å². The Hall–Kier alpha value is -1.39. The highest BCUT2D eigenvalue weighted by Gasteiger charge is 2.15. The van der Waals surface area contributed by atoms with E-state index in [0.717, 1.165) is 38.8 Å². The fourth-order valence-corrected chi connectivity index (χ4v) is 3.93. The SMILES string of the molecule is O=C(CCCc1csc2ccccc12)NC1CCNCC1. The third-order valence-electron chi connectivity index (χ3n) is 4.12. The van der Waals surface area contributed by atoms with Gasteiger partial charge >= 0.3 is 0 Å². The molecule has 2 N–H and O–H groups in total. The predicted molar refractivity (Wildman–Crippen MR) is 88.8 cm³/mol. The van der Waals surface area contributed by atoms with Crippen molar-refractivity contribution in [3.8, 4) is 0 Å². The van der Waals surface area contributed by atoms with Crippen LogP contribution in [-0.4, -0.2) is 25.0 Å². The van der Waals surface area contributed by atoms with Crippen LogP contribution < -0.4 is 10.6 Å². The van der Waals surface area contributed by atoms with Gasteiger partial charge in [0.2, 0.25) is 5.91 Å². The van der Waals surface area contributed by atoms with E-state index in [9.17, 15) is 4.79 Å². The second-order valence-corrected chi connectivity index (χ2v) is 6.61. The maximum absolute atomic E-state index is 12.0. The second kappa shape index (κ2) is 7.05. The summed E-state index contributed by atoms with van der Waals surface area (Å²) in [4.78, 5) is 12.0. The fourth-order valence-electron chi connectivity index (χ4n) is 2.93. The minimum Gasteiger partial charge on any atom is -0.353 e. The van der Waals surface area contributed by atoms with Crippen molar-refractivity contribution in [1.82, 2.24) is 10.6 Å². The molecule has 112 valence electrons. The van der Waals surface area contributed by atoms with Gasteiger partial charge in [-0.15, -0.1) is 11.3 Å². The van der Waals surface area contributed by atoms with Crippen LogP contribution in [0.15, 0.2) is 29.6 Å². The molecule has 21 heavy (non-hydrogen) atoms. The lowest BCUT2D eigenvalue weighted by atomic mass is 10.1. The molecule has 1 saturated heterocycles. The Morgan fingerprint density at radius 3 is 2.95 bits per heavy atom. The first-order valence-electron chi connectivity index (χ1n) is 7.78. The van der Waals surface area contributed by atoms with E-state index < -0.39 is 0 Å². The largest absolute Gasteiger partial charge is 0.353 e. The topological polar surface area (TPSA) is 41.1 Å². The summed E-state index contributed by atoms with van der Waals surface area (Å²) in [6.45, 7) is 2.04. The van der Waals surface area contributed by atoms with Crippen LogP contribution in [0.1, 0.15) is 31.2 Å². The Labute approximate surface area is 129 Å². The molecule has 1 fully saturated rings. The molecule has 1 aliphatic heterocycles. The molecule has 0 bridgehead atoms. The van der Waals surface area contributed by atoms with Crippen molar-refractivity contribution in [3.05, 3.63) is 35.2 Å². The van der Waals surface area contributed by atoms with Crippen molar-refractivity contribution in [2.75, 3.05) is 13.1 Å². The lowest BCUT2D eigenvalue weighted by molar-refractivity contribution is -0.122. The van der Waals surface area contributed by atoms with Crippen LogP contribution in [0.25, 0.3) is 10.1 Å². The summed E-state index contributed by atoms with van der Waals surface area (Å²) in [5.41, 5.74) is 1.38. The summed E-state index contributed by atoms with van der Waals surface area (Å²) in [5, 5.41) is 10.1. The Bertz CT molecular complexity index is 602. The molecule has 3 rings (SSSR count). The van der Waals surface area contributed by atoms with Gasteiger partial charge in [0.25, 0.3) is 0 Å². The van der Waals surface area contributed by atoms with Crippen molar-refractivity contribution < 1.29 is 4.79 Å². The van der Waals surface area contributed by atoms with Gasteiger partial charge < -0.3 is 10.6 Å². The van der Waals surface area contributed by atoms with Crippen molar-refractivity contribution >= 4 is 27.3 Å². The summed E-state index contributed by atoms with van der Waals surface area (Å²) in [7, 11) is 0. The zero-order chi connectivity index (χ0) is 14.5. The summed E-state index contributed by atoms with van der Waals surface area (Å²) in [5.74, 6) is 0.210. The van der Waals surface area contributed by atoms with E-state index in [1.165, 1.54) is 15.6 Å². The molecule has 2 aromatic rings. The van der Waals surface area contributed by atoms with Gasteiger partial charge in [-0.05, 0) is 61.2 Å². The molecular weight excluding hydrogens is 280 g/mol. The van der Waals surface area contributed by atoms with Crippen molar-refractivity contribution in [2.45, 2.75) is 38.1 Å². The predicted octanol–water partition coefficient (Wildman–Crippen LogP) is 3.09. The van der Waals surface area contributed by atoms with Gasteiger partial charge in [-0.2, -0.15) is 0 Å². The molecule has 0 saturated carbocycles. The van der Waals surface area contributed by atoms with E-state index in [4.69, 9.17) is 0 Å². The number of nitrogens with one attached hydrogen (secondary N) is 2. The highest BCUT2D eigenvalue weighted by Crippen LogP contribution is 2.26. The smallest absolute Gasteiger partial charge is 0.220 e. The van der Waals surface area contributed by atoms with Gasteiger partial charge in [0.15, 0.2) is 0 Å². The van der Waals surface area contributed by atoms with Crippen LogP contribution in [0.3, 0.4) is 0 Å². The molecule has 0 spiro atoms. The number of benzene rings is 1. The van der Waals surface area contributed by atoms with E-state index in [1.54, 1.807) is 11.3 Å². The maximum Gasteiger partial charge on any atom is 0.220 e. The number of aryl methyl sites for hydroxylation is 1. The van der Waals surface area contributed by atoms with E-state index in [1.807, 2.05) is 0 Å². The normalized spacial score (nSPS) is 16.2. The van der Waals surface area contributed by atoms with E-state index in [2.05, 4.69) is 40.3 Å². The van der Waals surface area contributed by atoms with Gasteiger partial charge in [-0.3, -0.25) is 4.79 Å². The number of fused-ring (bicyclic) bond motifs is 1. The summed E-state index contributed by atoms with van der Waals surface area (Å²) < 4.78 is 1.34. The summed E-state index contributed by atoms with van der Waals surface area (Å²) in [6.07, 6.45) is 4.66. The minimum atomic E-state index is 0.210. The average molecular weight is 302 g/mol. The first-order valence-corrected chi connectivity index (χ1v) is 8.66. The first kappa shape index (κ1) is 14.5. The molecule has 0 atom stereocenters. The number of rotatable bonds is 5. The van der Waals surface area contributed by atoms with Gasteiger partial charge in [-0.1, -0.05) is 18.2 Å². The van der Waals surface area contributed by atoms with Crippen LogP contribution in [0, 0.1) is 0 Å². The van der Waals surface area contributed by atoms with Crippen LogP contribution in [-0.2, 0) is 11.2 Å². The van der Waals surface area contributed by atoms with Crippen LogP contribution in [0.5, 0.6) is 0 Å². The molecule has 0 radical (unpaired) electrons. The molecule has 3 nitrogen and oxygen atoms in total. The molecule has 2 heterocycles. The van der Waals surface area contributed by atoms with Crippen molar-refractivity contribution in [3.63, 3.8) is 0 Å². The number of amides is 1. The Morgan fingerprint density at radius 2 is 2.10 bits per heavy atom. The fraction of sp³-hybridized carbons (Fsp3) is 0.471. The molecule has 4 heteroatoms. The lowest BCUT2D eigenvalue weighted by Gasteiger charge is -2.23. The zero-order valence-corrected chi connectivity index (χ0v) is 13.0. The zero-order valence-electron chi connectivity index (χ0n) is 12.2. The third kappa shape index (κ3) is 3.83.